The number of aliphatic hydroxyl groups is 3. The first-order chi connectivity index (χ1) is 13.7. The summed E-state index contributed by atoms with van der Waals surface area (Å²) in [5, 5.41) is 45.2. The summed E-state index contributed by atoms with van der Waals surface area (Å²) in [5.41, 5.74) is 0. The Morgan fingerprint density at radius 1 is 1.10 bits per heavy atom. The molecule has 0 aromatic rings. The molecular formula is C19H32N2O8. The summed E-state index contributed by atoms with van der Waals surface area (Å²) in [6.45, 7) is 3.55. The van der Waals surface area contributed by atoms with Crippen LogP contribution in [0.2, 0.25) is 0 Å². The minimum atomic E-state index is -1.67. The lowest BCUT2D eigenvalue weighted by Crippen LogP contribution is -2.60. The van der Waals surface area contributed by atoms with E-state index in [4.69, 9.17) is 9.84 Å². The molecule has 0 aromatic carbocycles. The van der Waals surface area contributed by atoms with Gasteiger partial charge in [-0.05, 0) is 18.9 Å². The van der Waals surface area contributed by atoms with Crippen LogP contribution in [-0.2, 0) is 19.1 Å². The highest BCUT2D eigenvalue weighted by Crippen LogP contribution is 2.23. The van der Waals surface area contributed by atoms with Gasteiger partial charge in [-0.3, -0.25) is 9.59 Å². The van der Waals surface area contributed by atoms with Gasteiger partial charge in [-0.1, -0.05) is 26.7 Å². The summed E-state index contributed by atoms with van der Waals surface area (Å²) in [5.74, 6) is -2.75. The second-order valence-corrected chi connectivity index (χ2v) is 7.07. The molecule has 1 aliphatic heterocycles. The number of amides is 2. The SMILES string of the molecule is CCCCC(=O)NC[C@@H](O)[C@@H](O)[C@@H]1OC(C(=O)O)=C[C@H](O)[C@H]1NC(=O)CCCC. The number of hydrogen-bond donors (Lipinski definition) is 6. The quantitative estimate of drug-likeness (QED) is 0.246. The van der Waals surface area contributed by atoms with Crippen LogP contribution in [0.1, 0.15) is 52.4 Å². The van der Waals surface area contributed by atoms with Crippen LogP contribution < -0.4 is 10.6 Å². The van der Waals surface area contributed by atoms with E-state index in [0.29, 0.717) is 12.8 Å². The number of nitrogens with one attached hydrogen (secondary N) is 2. The molecule has 0 fully saturated rings. The van der Waals surface area contributed by atoms with Crippen molar-refractivity contribution in [1.29, 1.82) is 0 Å². The normalized spacial score (nSPS) is 23.3. The Labute approximate surface area is 169 Å². The monoisotopic (exact) mass is 416 g/mol. The van der Waals surface area contributed by atoms with Crippen molar-refractivity contribution in [2.24, 2.45) is 0 Å². The lowest BCUT2D eigenvalue weighted by Gasteiger charge is -2.38. The highest BCUT2D eigenvalue weighted by atomic mass is 16.5. The van der Waals surface area contributed by atoms with Crippen molar-refractivity contribution in [2.45, 2.75) is 82.8 Å². The van der Waals surface area contributed by atoms with Crippen molar-refractivity contribution in [3.63, 3.8) is 0 Å². The molecule has 0 saturated heterocycles. The van der Waals surface area contributed by atoms with Gasteiger partial charge >= 0.3 is 5.97 Å². The smallest absolute Gasteiger partial charge is 0.370 e. The minimum absolute atomic E-state index is 0.189. The van der Waals surface area contributed by atoms with E-state index in [0.717, 1.165) is 18.9 Å². The largest absolute Gasteiger partial charge is 0.478 e. The Bertz CT molecular complexity index is 595. The van der Waals surface area contributed by atoms with Crippen LogP contribution in [0.15, 0.2) is 11.8 Å². The zero-order valence-electron chi connectivity index (χ0n) is 16.8. The summed E-state index contributed by atoms with van der Waals surface area (Å²) in [7, 11) is 0. The van der Waals surface area contributed by atoms with Gasteiger partial charge in [0.1, 0.15) is 18.3 Å². The van der Waals surface area contributed by atoms with Gasteiger partial charge in [0.25, 0.3) is 0 Å². The minimum Gasteiger partial charge on any atom is -0.478 e. The van der Waals surface area contributed by atoms with Crippen molar-refractivity contribution < 1.29 is 39.5 Å². The number of rotatable bonds is 12. The second kappa shape index (κ2) is 12.4. The molecule has 0 unspecified atom stereocenters. The molecule has 0 radical (unpaired) electrons. The molecule has 1 rings (SSSR count). The van der Waals surface area contributed by atoms with E-state index in [9.17, 15) is 29.7 Å². The Morgan fingerprint density at radius 2 is 1.69 bits per heavy atom. The van der Waals surface area contributed by atoms with Gasteiger partial charge in [-0.2, -0.15) is 0 Å². The molecule has 1 heterocycles. The molecule has 0 aromatic heterocycles. The number of hydrogen-bond acceptors (Lipinski definition) is 7. The molecule has 0 bridgehead atoms. The fourth-order valence-electron chi connectivity index (χ4n) is 2.86. The van der Waals surface area contributed by atoms with Crippen molar-refractivity contribution >= 4 is 17.8 Å². The summed E-state index contributed by atoms with van der Waals surface area (Å²) < 4.78 is 5.26. The van der Waals surface area contributed by atoms with E-state index in [-0.39, 0.29) is 25.3 Å². The third-order valence-corrected chi connectivity index (χ3v) is 4.60. The molecule has 0 spiro atoms. The number of carboxylic acid groups (broad SMARTS) is 1. The number of carboxylic acids is 1. The topological polar surface area (TPSA) is 165 Å². The van der Waals surface area contributed by atoms with Gasteiger partial charge in [0.15, 0.2) is 6.10 Å². The Hall–Kier alpha value is -2.17. The van der Waals surface area contributed by atoms with E-state index < -0.39 is 48.1 Å². The summed E-state index contributed by atoms with van der Waals surface area (Å²) in [6, 6.07) is -1.16. The van der Waals surface area contributed by atoms with E-state index in [1.165, 1.54) is 0 Å². The van der Waals surface area contributed by atoms with Gasteiger partial charge in [0, 0.05) is 19.4 Å². The standard InChI is InChI=1S/C19H32N2O8/c1-3-5-7-14(24)20-10-12(23)17(26)18-16(21-15(25)8-6-4-2)11(22)9-13(29-18)19(27)28/h9,11-12,16-18,22-23,26H,3-8,10H2,1-2H3,(H,20,24)(H,21,25)(H,27,28)/t11-,12+,16+,17+,18+/m0/s1. The Kier molecular flexibility index (Phi) is 10.6. The number of carbonyl (C=O) groups excluding carboxylic acids is 2. The Balaban J connectivity index is 2.86. The average Bonchev–Trinajstić information content (AvgIpc) is 2.69. The van der Waals surface area contributed by atoms with Crippen molar-refractivity contribution in [2.75, 3.05) is 6.54 Å². The van der Waals surface area contributed by atoms with E-state index >= 15 is 0 Å². The first-order valence-electron chi connectivity index (χ1n) is 9.93. The van der Waals surface area contributed by atoms with Crippen molar-refractivity contribution in [3.05, 3.63) is 11.8 Å². The van der Waals surface area contributed by atoms with Crippen LogP contribution in [0.4, 0.5) is 0 Å². The molecule has 0 saturated carbocycles. The number of aliphatic carboxylic acids is 1. The maximum absolute atomic E-state index is 12.1. The summed E-state index contributed by atoms with van der Waals surface area (Å²) in [6.07, 6.45) is -1.73. The highest BCUT2D eigenvalue weighted by Gasteiger charge is 2.43. The van der Waals surface area contributed by atoms with Crippen LogP contribution in [0.5, 0.6) is 0 Å². The van der Waals surface area contributed by atoms with Gasteiger partial charge in [-0.15, -0.1) is 0 Å². The molecule has 29 heavy (non-hydrogen) atoms. The van der Waals surface area contributed by atoms with Gasteiger partial charge < -0.3 is 35.8 Å². The third kappa shape index (κ3) is 8.00. The zero-order valence-corrected chi connectivity index (χ0v) is 16.8. The molecule has 0 aliphatic carbocycles. The molecule has 1 aliphatic rings. The van der Waals surface area contributed by atoms with E-state index in [1.807, 2.05) is 13.8 Å². The number of carbonyl (C=O) groups is 3. The van der Waals surface area contributed by atoms with Crippen molar-refractivity contribution in [1.82, 2.24) is 10.6 Å². The maximum atomic E-state index is 12.1. The molecular weight excluding hydrogens is 384 g/mol. The fourth-order valence-corrected chi connectivity index (χ4v) is 2.86. The summed E-state index contributed by atoms with van der Waals surface area (Å²) >= 11 is 0. The first kappa shape index (κ1) is 24.9. The fraction of sp³-hybridized carbons (Fsp3) is 0.737. The number of aliphatic hydroxyl groups excluding tert-OH is 3. The van der Waals surface area contributed by atoms with E-state index in [2.05, 4.69) is 10.6 Å². The van der Waals surface area contributed by atoms with Crippen LogP contribution in [0, 0.1) is 0 Å². The molecule has 5 atom stereocenters. The van der Waals surface area contributed by atoms with E-state index in [1.54, 1.807) is 0 Å². The van der Waals surface area contributed by atoms with Crippen LogP contribution >= 0.6 is 0 Å². The second-order valence-electron chi connectivity index (χ2n) is 7.07. The van der Waals surface area contributed by atoms with Gasteiger partial charge in [0.2, 0.25) is 17.6 Å². The van der Waals surface area contributed by atoms with Crippen molar-refractivity contribution in [3.8, 4) is 0 Å². The van der Waals surface area contributed by atoms with Crippen LogP contribution in [-0.4, -0.2) is 75.2 Å². The lowest BCUT2D eigenvalue weighted by atomic mass is 9.93. The van der Waals surface area contributed by atoms with Gasteiger partial charge in [-0.25, -0.2) is 4.79 Å². The maximum Gasteiger partial charge on any atom is 0.370 e. The predicted octanol–water partition coefficient (Wildman–Crippen LogP) is -0.582. The molecule has 10 heteroatoms. The number of unbranched alkanes of at least 4 members (excludes halogenated alkanes) is 2. The molecule has 2 amide bonds. The van der Waals surface area contributed by atoms with Crippen LogP contribution in [0.3, 0.4) is 0 Å². The highest BCUT2D eigenvalue weighted by molar-refractivity contribution is 5.84. The van der Waals surface area contributed by atoms with Crippen LogP contribution in [0.25, 0.3) is 0 Å². The molecule has 10 nitrogen and oxygen atoms in total. The number of ether oxygens (including phenoxy) is 1. The molecule has 6 N–H and O–H groups in total. The molecule has 166 valence electrons. The lowest BCUT2D eigenvalue weighted by molar-refractivity contribution is -0.148. The predicted molar refractivity (Wildman–Crippen MR) is 103 cm³/mol. The average molecular weight is 416 g/mol. The zero-order chi connectivity index (χ0) is 22.0. The summed E-state index contributed by atoms with van der Waals surface area (Å²) in [4.78, 5) is 35.0. The third-order valence-electron chi connectivity index (χ3n) is 4.60. The van der Waals surface area contributed by atoms with Gasteiger partial charge in [0.05, 0.1) is 6.04 Å². The Morgan fingerprint density at radius 3 is 2.24 bits per heavy atom. The first-order valence-corrected chi connectivity index (χ1v) is 9.93.